The molecule has 5 nitrogen and oxygen atoms in total. The monoisotopic (exact) mass is 565 g/mol. The molecule has 1 amide bonds. The Morgan fingerprint density at radius 1 is 0.707 bits per heavy atom. The highest BCUT2D eigenvalue weighted by atomic mass is 19.2. The predicted octanol–water partition coefficient (Wildman–Crippen LogP) is 6.36. The molecule has 0 saturated heterocycles. The van der Waals surface area contributed by atoms with Crippen LogP contribution in [0.15, 0.2) is 72.8 Å². The molecule has 2 aliphatic rings. The molecule has 0 heterocycles. The molecular formula is C31H20F5NO4. The Morgan fingerprint density at radius 2 is 1.17 bits per heavy atom. The van der Waals surface area contributed by atoms with Gasteiger partial charge >= 0.3 is 12.1 Å². The largest absolute Gasteiger partial charge is 0.449 e. The lowest BCUT2D eigenvalue weighted by atomic mass is 9.96. The molecule has 4 aromatic rings. The molecule has 2 aliphatic carbocycles. The van der Waals surface area contributed by atoms with Crippen LogP contribution in [0.4, 0.5) is 26.7 Å². The molecule has 0 atom stereocenters. The summed E-state index contributed by atoms with van der Waals surface area (Å²) < 4.78 is 80.0. The first-order chi connectivity index (χ1) is 19.7. The lowest BCUT2D eigenvalue weighted by molar-refractivity contribution is -0.142. The van der Waals surface area contributed by atoms with Crippen LogP contribution in [-0.4, -0.2) is 24.2 Å². The van der Waals surface area contributed by atoms with Crippen LogP contribution in [0.1, 0.15) is 28.2 Å². The minimum Gasteiger partial charge on any atom is -0.449 e. The molecule has 6 rings (SSSR count). The Kier molecular flexibility index (Phi) is 6.48. The number of hydrogen-bond donors (Lipinski definition) is 1. The molecule has 4 aromatic carbocycles. The highest BCUT2D eigenvalue weighted by Gasteiger charge is 2.48. The van der Waals surface area contributed by atoms with Crippen LogP contribution in [0.5, 0.6) is 5.75 Å². The van der Waals surface area contributed by atoms with Crippen molar-refractivity contribution in [3.8, 4) is 16.9 Å². The number of carbonyl (C=O) groups excluding carboxylic acids is 2. The van der Waals surface area contributed by atoms with Crippen LogP contribution >= 0.6 is 0 Å². The third kappa shape index (κ3) is 4.39. The second-order valence-corrected chi connectivity index (χ2v) is 9.94. The Morgan fingerprint density at radius 3 is 1.71 bits per heavy atom. The van der Waals surface area contributed by atoms with Crippen LogP contribution in [0.2, 0.25) is 0 Å². The number of rotatable bonds is 5. The fourth-order valence-corrected chi connectivity index (χ4v) is 5.59. The molecular weight excluding hydrogens is 545 g/mol. The minimum absolute atomic E-state index is 0.0877. The average molecular weight is 565 g/mol. The topological polar surface area (TPSA) is 64.6 Å². The van der Waals surface area contributed by atoms with Gasteiger partial charge in [-0.25, -0.2) is 22.8 Å². The summed E-state index contributed by atoms with van der Waals surface area (Å²) in [6.45, 7) is -0.0877. The minimum atomic E-state index is -2.39. The normalized spacial score (nSPS) is 14.7. The molecule has 0 radical (unpaired) electrons. The molecule has 0 bridgehead atoms. The van der Waals surface area contributed by atoms with Gasteiger partial charge < -0.3 is 14.8 Å². The maximum atomic E-state index is 14.3. The summed E-state index contributed by atoms with van der Waals surface area (Å²) in [6.07, 6.45) is -1.35. The van der Waals surface area contributed by atoms with E-state index in [1.807, 2.05) is 48.5 Å². The van der Waals surface area contributed by atoms with E-state index in [-0.39, 0.29) is 25.4 Å². The van der Waals surface area contributed by atoms with Crippen molar-refractivity contribution in [2.75, 3.05) is 6.61 Å². The van der Waals surface area contributed by atoms with E-state index < -0.39 is 52.4 Å². The van der Waals surface area contributed by atoms with E-state index in [1.165, 1.54) is 0 Å². The lowest BCUT2D eigenvalue weighted by Gasteiger charge is -2.28. The van der Waals surface area contributed by atoms with Crippen molar-refractivity contribution >= 4 is 12.1 Å². The second-order valence-electron chi connectivity index (χ2n) is 9.94. The zero-order chi connectivity index (χ0) is 28.9. The summed E-state index contributed by atoms with van der Waals surface area (Å²) in [5.41, 5.74) is 3.23. The van der Waals surface area contributed by atoms with Crippen molar-refractivity contribution in [1.82, 2.24) is 5.32 Å². The van der Waals surface area contributed by atoms with Crippen LogP contribution in [0, 0.1) is 29.1 Å². The molecule has 41 heavy (non-hydrogen) atoms. The van der Waals surface area contributed by atoms with Gasteiger partial charge in [-0.3, -0.25) is 0 Å². The predicted molar refractivity (Wildman–Crippen MR) is 137 cm³/mol. The van der Waals surface area contributed by atoms with Gasteiger partial charge in [-0.05, 0) is 33.4 Å². The average Bonchev–Trinajstić information content (AvgIpc) is 3.52. The Hall–Kier alpha value is -4.73. The number of nitrogens with one attached hydrogen (secondary N) is 1. The summed E-state index contributed by atoms with van der Waals surface area (Å²) in [5, 5.41) is 2.47. The number of benzene rings is 4. The number of carbonyl (C=O) groups is 2. The zero-order valence-corrected chi connectivity index (χ0v) is 21.1. The van der Waals surface area contributed by atoms with Crippen LogP contribution in [-0.2, 0) is 22.4 Å². The third-order valence-corrected chi connectivity index (χ3v) is 7.54. The third-order valence-electron chi connectivity index (χ3n) is 7.54. The van der Waals surface area contributed by atoms with Crippen molar-refractivity contribution in [3.63, 3.8) is 0 Å². The van der Waals surface area contributed by atoms with E-state index in [0.717, 1.165) is 22.3 Å². The van der Waals surface area contributed by atoms with Crippen molar-refractivity contribution in [2.45, 2.75) is 24.3 Å². The first-order valence-electron chi connectivity index (χ1n) is 12.6. The van der Waals surface area contributed by atoms with Gasteiger partial charge in [-0.1, -0.05) is 72.8 Å². The Labute approximate surface area is 230 Å². The fourth-order valence-electron chi connectivity index (χ4n) is 5.59. The quantitative estimate of drug-likeness (QED) is 0.101. The fraction of sp³-hybridized carbons (Fsp3) is 0.161. The summed E-state index contributed by atoms with van der Waals surface area (Å²) >= 11 is 0. The van der Waals surface area contributed by atoms with Crippen LogP contribution < -0.4 is 10.1 Å². The smallest absolute Gasteiger partial charge is 0.408 e. The van der Waals surface area contributed by atoms with Gasteiger partial charge in [0.25, 0.3) is 0 Å². The van der Waals surface area contributed by atoms with E-state index in [1.54, 1.807) is 24.3 Å². The Bertz CT molecular complexity index is 1620. The summed E-state index contributed by atoms with van der Waals surface area (Å²) in [5.74, 6) is -15.0. The van der Waals surface area contributed by atoms with Gasteiger partial charge in [0.1, 0.15) is 12.1 Å². The zero-order valence-electron chi connectivity index (χ0n) is 21.1. The molecule has 0 aliphatic heterocycles. The maximum Gasteiger partial charge on any atom is 0.408 e. The van der Waals surface area contributed by atoms with Crippen LogP contribution in [0.3, 0.4) is 0 Å². The molecule has 0 unspecified atom stereocenters. The highest BCUT2D eigenvalue weighted by molar-refractivity contribution is 5.89. The highest BCUT2D eigenvalue weighted by Crippen LogP contribution is 2.44. The van der Waals surface area contributed by atoms with Gasteiger partial charge in [-0.2, -0.15) is 8.78 Å². The summed E-state index contributed by atoms with van der Waals surface area (Å²) in [7, 11) is 0. The molecule has 208 valence electrons. The summed E-state index contributed by atoms with van der Waals surface area (Å²) in [4.78, 5) is 26.5. The van der Waals surface area contributed by atoms with E-state index >= 15 is 0 Å². The number of alkyl carbamates (subject to hydrolysis) is 1. The van der Waals surface area contributed by atoms with Crippen molar-refractivity contribution in [2.24, 2.45) is 0 Å². The van der Waals surface area contributed by atoms with Crippen molar-refractivity contribution in [1.29, 1.82) is 0 Å². The van der Waals surface area contributed by atoms with Crippen molar-refractivity contribution < 1.29 is 41.0 Å². The molecule has 1 N–H and O–H groups in total. The maximum absolute atomic E-state index is 14.3. The molecule has 0 saturated carbocycles. The lowest BCUT2D eigenvalue weighted by Crippen LogP contribution is -2.57. The number of ether oxygens (including phenoxy) is 2. The number of amides is 1. The van der Waals surface area contributed by atoms with E-state index in [4.69, 9.17) is 9.47 Å². The standard InChI is InChI=1S/C31H20F5NO4/c32-23-24(33)26(35)28(27(36)25(23)34)41-29(38)31(13-16-7-1-2-8-17(16)14-31)37-30(39)40-15-22-20-11-5-3-9-18(20)19-10-4-6-12-21(19)22/h1-12,22H,13-15H2,(H,37,39). The first kappa shape index (κ1) is 26.5. The second kappa shape index (κ2) is 10.0. The molecule has 0 spiro atoms. The number of esters is 1. The first-order valence-corrected chi connectivity index (χ1v) is 12.6. The van der Waals surface area contributed by atoms with Crippen molar-refractivity contribution in [3.05, 3.63) is 124 Å². The molecule has 10 heteroatoms. The number of fused-ring (bicyclic) bond motifs is 4. The SMILES string of the molecule is O=C(NC1(C(=O)Oc2c(F)c(F)c(F)c(F)c2F)Cc2ccccc2C1)OCC1c2ccccc2-c2ccccc21. The molecule has 0 aromatic heterocycles. The molecule has 0 fully saturated rings. The summed E-state index contributed by atoms with van der Waals surface area (Å²) in [6, 6.07) is 22.1. The van der Waals surface area contributed by atoms with E-state index in [0.29, 0.717) is 11.1 Å². The van der Waals surface area contributed by atoms with E-state index in [9.17, 15) is 31.5 Å². The van der Waals surface area contributed by atoms with Gasteiger partial charge in [0.2, 0.25) is 34.8 Å². The van der Waals surface area contributed by atoms with E-state index in [2.05, 4.69) is 5.32 Å². The number of halogens is 5. The number of hydrogen-bond acceptors (Lipinski definition) is 4. The van der Waals surface area contributed by atoms with Gasteiger partial charge in [0, 0.05) is 18.8 Å². The van der Waals surface area contributed by atoms with Gasteiger partial charge in [-0.15, -0.1) is 0 Å². The Balaban J connectivity index is 1.26. The van der Waals surface area contributed by atoms with Crippen LogP contribution in [0.25, 0.3) is 11.1 Å². The van der Waals surface area contributed by atoms with Gasteiger partial charge in [0.05, 0.1) is 0 Å². The van der Waals surface area contributed by atoms with Gasteiger partial charge in [0.15, 0.2) is 0 Å².